The molecule has 0 aliphatic carbocycles. The second-order valence-electron chi connectivity index (χ2n) is 7.37. The smallest absolute Gasteiger partial charge is 0.550 e. The zero-order valence-electron chi connectivity index (χ0n) is 22.1. The van der Waals surface area contributed by atoms with Gasteiger partial charge < -0.3 is 39.1 Å². The molecule has 0 aromatic heterocycles. The average molecular weight is 539 g/mol. The molecule has 10 nitrogen and oxygen atoms in total. The summed E-state index contributed by atoms with van der Waals surface area (Å²) in [5, 5.41) is 20.1. The van der Waals surface area contributed by atoms with Crippen molar-refractivity contribution in [3.05, 3.63) is 0 Å². The second kappa shape index (κ2) is 30.3. The second-order valence-corrected chi connectivity index (χ2v) is 7.37. The van der Waals surface area contributed by atoms with Crippen LogP contribution in [0, 0.1) is 0 Å². The van der Waals surface area contributed by atoms with Crippen LogP contribution in [0.5, 0.6) is 0 Å². The van der Waals surface area contributed by atoms with E-state index >= 15 is 0 Å². The van der Waals surface area contributed by atoms with Crippen LogP contribution < -0.4 is 113 Å². The Morgan fingerprint density at radius 2 is 0.853 bits per heavy atom. The molecule has 0 spiro atoms. The number of carboxylic acids is 2. The minimum Gasteiger partial charge on any atom is -0.550 e. The molecule has 0 rings (SSSR count). The van der Waals surface area contributed by atoms with Crippen LogP contribution in [0.3, 0.4) is 0 Å². The summed E-state index contributed by atoms with van der Waals surface area (Å²) in [5.41, 5.74) is 0. The van der Waals surface area contributed by atoms with Crippen LogP contribution in [0.4, 0.5) is 0 Å². The van der Waals surface area contributed by atoms with Crippen molar-refractivity contribution < 1.29 is 142 Å². The van der Waals surface area contributed by atoms with Gasteiger partial charge in [-0.15, -0.1) is 0 Å². The number of esters is 2. The summed E-state index contributed by atoms with van der Waals surface area (Å²) in [5.74, 6) is -2.38. The van der Waals surface area contributed by atoms with E-state index in [4.69, 9.17) is 9.47 Å². The number of carbonyl (C=O) groups excluding carboxylic acids is 4. The molecule has 0 saturated carbocycles. The van der Waals surface area contributed by atoms with Crippen LogP contribution in [0.1, 0.15) is 65.2 Å². The van der Waals surface area contributed by atoms with Crippen LogP contribution in [-0.4, -0.2) is 87.2 Å². The van der Waals surface area contributed by atoms with Crippen LogP contribution in [0.15, 0.2) is 0 Å². The maximum Gasteiger partial charge on any atom is 1.00 e. The zero-order chi connectivity index (χ0) is 24.8. The van der Waals surface area contributed by atoms with Gasteiger partial charge in [0.05, 0.1) is 13.2 Å². The number of nitrogens with zero attached hydrogens (tertiary/aromatic N) is 2. The summed E-state index contributed by atoms with van der Waals surface area (Å²) in [6, 6.07) is 0. The molecular formula is C22H40K2N2O8. The van der Waals surface area contributed by atoms with Gasteiger partial charge in [0.1, 0.15) is 0 Å². The third-order valence-electron chi connectivity index (χ3n) is 4.29. The van der Waals surface area contributed by atoms with E-state index in [2.05, 4.69) is 4.90 Å². The Hall–Kier alpha value is 1.07. The Morgan fingerprint density at radius 3 is 1.09 bits per heavy atom. The van der Waals surface area contributed by atoms with E-state index in [9.17, 15) is 29.4 Å². The first-order valence-corrected chi connectivity index (χ1v) is 11.2. The number of carbonyl (C=O) groups is 4. The molecule has 0 radical (unpaired) electrons. The van der Waals surface area contributed by atoms with E-state index in [1.54, 1.807) is 13.8 Å². The van der Waals surface area contributed by atoms with E-state index in [1.807, 2.05) is 19.0 Å². The van der Waals surface area contributed by atoms with Crippen molar-refractivity contribution in [1.29, 1.82) is 0 Å². The zero-order valence-corrected chi connectivity index (χ0v) is 28.3. The van der Waals surface area contributed by atoms with E-state index in [1.165, 1.54) is 0 Å². The molecule has 0 saturated heterocycles. The van der Waals surface area contributed by atoms with Crippen molar-refractivity contribution in [3.63, 3.8) is 0 Å². The first-order chi connectivity index (χ1) is 15.1. The molecule has 0 heterocycles. The Balaban J connectivity index is -0.000000257. The largest absolute Gasteiger partial charge is 1.00 e. The van der Waals surface area contributed by atoms with Crippen molar-refractivity contribution in [2.24, 2.45) is 0 Å². The van der Waals surface area contributed by atoms with Crippen molar-refractivity contribution in [1.82, 2.24) is 9.80 Å². The van der Waals surface area contributed by atoms with Gasteiger partial charge in [-0.25, -0.2) is 0 Å². The molecular weight excluding hydrogens is 498 g/mol. The molecule has 0 bridgehead atoms. The number of hydrogen-bond acceptors (Lipinski definition) is 10. The predicted octanol–water partition coefficient (Wildman–Crippen LogP) is -6.41. The molecule has 12 heteroatoms. The topological polar surface area (TPSA) is 139 Å². The van der Waals surface area contributed by atoms with Gasteiger partial charge in [0.15, 0.2) is 0 Å². The number of rotatable bonds is 18. The van der Waals surface area contributed by atoms with Crippen molar-refractivity contribution in [3.8, 4) is 0 Å². The van der Waals surface area contributed by atoms with Crippen LogP contribution in [-0.2, 0) is 28.7 Å². The first-order valence-electron chi connectivity index (χ1n) is 11.2. The molecule has 0 unspecified atom stereocenters. The number of aliphatic carboxylic acids is 2. The van der Waals surface area contributed by atoms with Gasteiger partial charge in [0, 0.05) is 24.8 Å². The van der Waals surface area contributed by atoms with Crippen molar-refractivity contribution in [2.75, 3.05) is 53.5 Å². The third-order valence-corrected chi connectivity index (χ3v) is 4.29. The van der Waals surface area contributed by atoms with Gasteiger partial charge in [-0.2, -0.15) is 0 Å². The van der Waals surface area contributed by atoms with Gasteiger partial charge in [0.2, 0.25) is 0 Å². The maximum atomic E-state index is 11.1. The molecule has 0 aromatic carbocycles. The summed E-state index contributed by atoms with van der Waals surface area (Å²) >= 11 is 0. The fraction of sp³-hybridized carbons (Fsp3) is 0.818. The molecule has 0 N–H and O–H groups in total. The molecule has 0 aliphatic rings. The number of hydrogen-bond donors (Lipinski definition) is 0. The van der Waals surface area contributed by atoms with Gasteiger partial charge in [-0.05, 0) is 92.6 Å². The minimum absolute atomic E-state index is 0. The normalized spacial score (nSPS) is 9.82. The average Bonchev–Trinajstić information content (AvgIpc) is 2.68. The Morgan fingerprint density at radius 1 is 0.588 bits per heavy atom. The van der Waals surface area contributed by atoms with Gasteiger partial charge in [0.25, 0.3) is 0 Å². The van der Waals surface area contributed by atoms with Crippen LogP contribution in [0.2, 0.25) is 0 Å². The van der Waals surface area contributed by atoms with Crippen LogP contribution >= 0.6 is 0 Å². The quantitative estimate of drug-likeness (QED) is 0.122. The van der Waals surface area contributed by atoms with E-state index < -0.39 is 11.9 Å². The van der Waals surface area contributed by atoms with E-state index in [0.29, 0.717) is 52.0 Å². The maximum absolute atomic E-state index is 11.1. The van der Waals surface area contributed by atoms with Gasteiger partial charge in [-0.1, -0.05) is 0 Å². The van der Waals surface area contributed by atoms with Crippen molar-refractivity contribution >= 4 is 23.9 Å². The van der Waals surface area contributed by atoms with E-state index in [0.717, 1.165) is 25.9 Å². The first kappa shape index (κ1) is 42.2. The molecule has 188 valence electrons. The fourth-order valence-corrected chi connectivity index (χ4v) is 2.66. The summed E-state index contributed by atoms with van der Waals surface area (Å²) in [6.45, 7) is 7.44. The standard InChI is InChI=1S/C13H25NO4.C9H17NO4.2K/c1-4-17-12(15)8-6-10-14(3)11-7-9-13(16)18-5-2;1-10(6-2-4-8(11)12)7-3-5-9(13)14;;/h4-11H2,1-3H3;2-7H2,1H3,(H,11,12)(H,13,14);;/q;;2*+1/p-2. The number of ether oxygens (including phenoxy) is 2. The molecule has 0 aromatic rings. The van der Waals surface area contributed by atoms with Gasteiger partial charge in [-0.3, -0.25) is 9.59 Å². The summed E-state index contributed by atoms with van der Waals surface area (Å²) in [7, 11) is 3.81. The molecule has 0 aliphatic heterocycles. The third kappa shape index (κ3) is 35.2. The van der Waals surface area contributed by atoms with E-state index in [-0.39, 0.29) is 128 Å². The molecule has 0 amide bonds. The monoisotopic (exact) mass is 538 g/mol. The fourth-order valence-electron chi connectivity index (χ4n) is 2.66. The molecule has 0 atom stereocenters. The van der Waals surface area contributed by atoms with Crippen molar-refractivity contribution in [2.45, 2.75) is 65.2 Å². The SMILES string of the molecule is CCOC(=O)CCCN(C)CCCC(=O)OCC.CN(CCCC(=O)[O-])CCCC(=O)[O-].[K+].[K+]. The Kier molecular flexibility index (Phi) is 37.6. The summed E-state index contributed by atoms with van der Waals surface area (Å²) in [4.78, 5) is 46.3. The minimum atomic E-state index is -1.05. The molecule has 34 heavy (non-hydrogen) atoms. The van der Waals surface area contributed by atoms with Crippen LogP contribution in [0.25, 0.3) is 0 Å². The Labute approximate surface area is 289 Å². The predicted molar refractivity (Wildman–Crippen MR) is 115 cm³/mol. The Bertz CT molecular complexity index is 495. The molecule has 0 fully saturated rings. The number of carboxylic acid groups (broad SMARTS) is 2. The van der Waals surface area contributed by atoms with Gasteiger partial charge >= 0.3 is 115 Å². The summed E-state index contributed by atoms with van der Waals surface area (Å²) < 4.78 is 9.69. The summed E-state index contributed by atoms with van der Waals surface area (Å²) in [6.07, 6.45) is 3.64.